The predicted octanol–water partition coefficient (Wildman–Crippen LogP) is 5.08. The average molecular weight is 396 g/mol. The van der Waals surface area contributed by atoms with Crippen molar-refractivity contribution in [3.8, 4) is 16.9 Å². The maximum Gasteiger partial charge on any atom is 0.339 e. The van der Waals surface area contributed by atoms with Crippen molar-refractivity contribution < 1.29 is 13.0 Å². The zero-order valence-electron chi connectivity index (χ0n) is 12.2. The van der Waals surface area contributed by atoms with Crippen molar-refractivity contribution in [3.05, 3.63) is 53.6 Å². The fraction of sp³-hybridized carbons (Fsp3) is 0.235. The number of hydrogen-bond acceptors (Lipinski definition) is 2. The molecule has 21 heavy (non-hydrogen) atoms. The summed E-state index contributed by atoms with van der Waals surface area (Å²) in [7, 11) is 0. The van der Waals surface area contributed by atoms with Gasteiger partial charge >= 0.3 is 5.97 Å². The van der Waals surface area contributed by atoms with Gasteiger partial charge in [0.15, 0.2) is 28.8 Å². The fourth-order valence-corrected chi connectivity index (χ4v) is 2.64. The van der Waals surface area contributed by atoms with Gasteiger partial charge in [0.1, 0.15) is 5.56 Å². The summed E-state index contributed by atoms with van der Waals surface area (Å²) in [6.07, 6.45) is 0. The zero-order chi connectivity index (χ0) is 15.6. The number of halogens is 1. The molecule has 2 aromatic rings. The van der Waals surface area contributed by atoms with Crippen molar-refractivity contribution in [2.24, 2.45) is 0 Å². The lowest BCUT2D eigenvalue weighted by Gasteiger charge is -2.19. The van der Waals surface area contributed by atoms with Gasteiger partial charge < -0.3 is 8.17 Å². The van der Waals surface area contributed by atoms with E-state index in [1.807, 2.05) is 18.2 Å². The Balaban J connectivity index is 2.52. The van der Waals surface area contributed by atoms with E-state index in [-0.39, 0.29) is 11.0 Å². The van der Waals surface area contributed by atoms with Crippen LogP contribution in [0.5, 0.6) is 5.75 Å². The van der Waals surface area contributed by atoms with Crippen LogP contribution < -0.4 is 3.07 Å². The summed E-state index contributed by atoms with van der Waals surface area (Å²) in [4.78, 5) is 11.3. The first-order valence-corrected chi connectivity index (χ1v) is 7.48. The van der Waals surface area contributed by atoms with E-state index < -0.39 is 5.97 Å². The van der Waals surface area contributed by atoms with E-state index in [1.54, 1.807) is 35.1 Å². The molecule has 3 nitrogen and oxygen atoms in total. The first-order chi connectivity index (χ1) is 9.84. The van der Waals surface area contributed by atoms with Gasteiger partial charge in [0.05, 0.1) is 0 Å². The molecule has 0 fully saturated rings. The lowest BCUT2D eigenvalue weighted by Crippen LogP contribution is -2.10. The van der Waals surface area contributed by atoms with E-state index >= 15 is 0 Å². The van der Waals surface area contributed by atoms with E-state index in [4.69, 9.17) is 3.07 Å². The zero-order valence-corrected chi connectivity index (χ0v) is 14.3. The van der Waals surface area contributed by atoms with Crippen molar-refractivity contribution in [2.75, 3.05) is 0 Å². The minimum atomic E-state index is -0.991. The molecule has 0 aromatic heterocycles. The number of carboxylic acids is 1. The Kier molecular flexibility index (Phi) is 4.56. The summed E-state index contributed by atoms with van der Waals surface area (Å²) in [6, 6.07) is 13.3. The molecule has 0 spiro atoms. The number of carbonyl (C=O) groups is 1. The molecule has 0 heterocycles. The maximum absolute atomic E-state index is 11.3. The summed E-state index contributed by atoms with van der Waals surface area (Å²) < 4.78 is 5.28. The van der Waals surface area contributed by atoms with Gasteiger partial charge in [-0.1, -0.05) is 57.2 Å². The molecule has 0 amide bonds. The molecule has 4 heteroatoms. The second-order valence-corrected chi connectivity index (χ2v) is 6.33. The van der Waals surface area contributed by atoms with Crippen molar-refractivity contribution in [3.63, 3.8) is 0 Å². The van der Waals surface area contributed by atoms with Crippen molar-refractivity contribution >= 4 is 29.0 Å². The Bertz CT molecular complexity index is 655. The van der Waals surface area contributed by atoms with Gasteiger partial charge in [0.25, 0.3) is 0 Å². The number of hydrogen-bond donors (Lipinski definition) is 1. The van der Waals surface area contributed by atoms with Crippen LogP contribution in [0.2, 0.25) is 0 Å². The number of benzene rings is 2. The third kappa shape index (κ3) is 3.37. The topological polar surface area (TPSA) is 46.5 Å². The Morgan fingerprint density at radius 1 is 1.10 bits per heavy atom. The summed E-state index contributed by atoms with van der Waals surface area (Å²) >= 11 is 1.72. The van der Waals surface area contributed by atoms with E-state index in [2.05, 4.69) is 32.9 Å². The smallest absolute Gasteiger partial charge is 0.339 e. The molecule has 0 aliphatic rings. The van der Waals surface area contributed by atoms with E-state index in [9.17, 15) is 9.90 Å². The molecule has 0 radical (unpaired) electrons. The van der Waals surface area contributed by atoms with Crippen LogP contribution >= 0.6 is 23.0 Å². The molecule has 0 atom stereocenters. The molecule has 110 valence electrons. The normalized spacial score (nSPS) is 11.2. The van der Waals surface area contributed by atoms with Crippen LogP contribution in [0.15, 0.2) is 42.5 Å². The predicted molar refractivity (Wildman–Crippen MR) is 92.2 cm³/mol. The molecule has 0 bridgehead atoms. The minimum Gasteiger partial charge on any atom is -0.478 e. The van der Waals surface area contributed by atoms with Crippen LogP contribution in [0.1, 0.15) is 36.7 Å². The highest BCUT2D eigenvalue weighted by Gasteiger charge is 2.17. The van der Waals surface area contributed by atoms with E-state index in [0.717, 1.165) is 11.1 Å². The molecule has 2 rings (SSSR count). The van der Waals surface area contributed by atoms with E-state index in [1.165, 1.54) is 5.56 Å². The summed E-state index contributed by atoms with van der Waals surface area (Å²) in [6.45, 7) is 6.48. The Morgan fingerprint density at radius 2 is 1.71 bits per heavy atom. The van der Waals surface area contributed by atoms with Gasteiger partial charge in [0.2, 0.25) is 0 Å². The quantitative estimate of drug-likeness (QED) is 0.737. The molecule has 0 saturated heterocycles. The molecule has 0 saturated carbocycles. The SMILES string of the molecule is CC(C)(C)c1ccc(-c2cccc(C(=O)O)c2OI)cc1. The highest BCUT2D eigenvalue weighted by molar-refractivity contribution is 14.1. The highest BCUT2D eigenvalue weighted by Crippen LogP contribution is 2.35. The van der Waals surface area contributed by atoms with Gasteiger partial charge in [-0.15, -0.1) is 0 Å². The molecule has 1 N–H and O–H groups in total. The average Bonchev–Trinajstić information content (AvgIpc) is 2.45. The van der Waals surface area contributed by atoms with Gasteiger partial charge in [-0.05, 0) is 22.6 Å². The van der Waals surface area contributed by atoms with E-state index in [0.29, 0.717) is 5.75 Å². The van der Waals surface area contributed by atoms with Crippen molar-refractivity contribution in [1.29, 1.82) is 0 Å². The molecular formula is C17H17IO3. The molecular weight excluding hydrogens is 379 g/mol. The Morgan fingerprint density at radius 3 is 2.19 bits per heavy atom. The van der Waals surface area contributed by atoms with Gasteiger partial charge in [-0.3, -0.25) is 0 Å². The van der Waals surface area contributed by atoms with Crippen molar-refractivity contribution in [1.82, 2.24) is 0 Å². The summed E-state index contributed by atoms with van der Waals surface area (Å²) in [5, 5.41) is 9.24. The number of rotatable bonds is 3. The van der Waals surface area contributed by atoms with Gasteiger partial charge in [0, 0.05) is 5.56 Å². The molecule has 0 aliphatic carbocycles. The number of aromatic carboxylic acids is 1. The first kappa shape index (κ1) is 15.8. The highest BCUT2D eigenvalue weighted by atomic mass is 127. The standard InChI is InChI=1S/C17H17IO3/c1-17(2,3)12-9-7-11(8-10-12)13-5-4-6-14(16(19)20)15(13)21-18/h4-10H,1-3H3,(H,19,20). The third-order valence-corrected chi connectivity index (χ3v) is 3.82. The van der Waals surface area contributed by atoms with Crippen LogP contribution in [0.4, 0.5) is 0 Å². The molecule has 0 unspecified atom stereocenters. The fourth-order valence-electron chi connectivity index (χ4n) is 2.17. The molecule has 0 aliphatic heterocycles. The Hall–Kier alpha value is -1.56. The maximum atomic E-state index is 11.3. The van der Waals surface area contributed by atoms with Gasteiger partial charge in [-0.2, -0.15) is 0 Å². The largest absolute Gasteiger partial charge is 0.478 e. The number of para-hydroxylation sites is 1. The van der Waals surface area contributed by atoms with Crippen LogP contribution in [0, 0.1) is 0 Å². The van der Waals surface area contributed by atoms with Gasteiger partial charge in [-0.25, -0.2) is 4.79 Å². The van der Waals surface area contributed by atoms with Crippen LogP contribution in [0.25, 0.3) is 11.1 Å². The monoisotopic (exact) mass is 396 g/mol. The lowest BCUT2D eigenvalue weighted by molar-refractivity contribution is 0.0695. The van der Waals surface area contributed by atoms with Crippen LogP contribution in [0.3, 0.4) is 0 Å². The summed E-state index contributed by atoms with van der Waals surface area (Å²) in [5.41, 5.74) is 3.21. The second-order valence-electron chi connectivity index (χ2n) is 5.89. The number of carboxylic acid groups (broad SMARTS) is 1. The minimum absolute atomic E-state index is 0.0873. The summed E-state index contributed by atoms with van der Waals surface area (Å²) in [5.74, 6) is -0.607. The first-order valence-electron chi connectivity index (χ1n) is 6.60. The lowest BCUT2D eigenvalue weighted by atomic mass is 9.86. The third-order valence-electron chi connectivity index (χ3n) is 3.38. The van der Waals surface area contributed by atoms with Crippen LogP contribution in [-0.2, 0) is 5.41 Å². The second kappa shape index (κ2) is 6.05. The van der Waals surface area contributed by atoms with Crippen molar-refractivity contribution in [2.45, 2.75) is 26.2 Å². The molecule has 2 aromatic carbocycles. The Labute approximate surface area is 138 Å². The van der Waals surface area contributed by atoms with Crippen LogP contribution in [-0.4, -0.2) is 11.1 Å².